The van der Waals surface area contributed by atoms with Crippen LogP contribution in [0.4, 0.5) is 5.69 Å². The number of anilines is 1. The van der Waals surface area contributed by atoms with Gasteiger partial charge in [-0.2, -0.15) is 0 Å². The van der Waals surface area contributed by atoms with Gasteiger partial charge in [0.05, 0.1) is 5.69 Å². The number of nitrogens with zero attached hydrogens (tertiary/aromatic N) is 1. The molecule has 0 aliphatic heterocycles. The first kappa shape index (κ1) is 20.7. The lowest BCUT2D eigenvalue weighted by Gasteiger charge is -2.26. The van der Waals surface area contributed by atoms with Gasteiger partial charge in [-0.05, 0) is 42.4 Å². The van der Waals surface area contributed by atoms with E-state index < -0.39 is 0 Å². The van der Waals surface area contributed by atoms with Crippen LogP contribution in [0.2, 0.25) is 0 Å². The number of rotatable bonds is 9. The van der Waals surface area contributed by atoms with Crippen molar-refractivity contribution in [3.8, 4) is 0 Å². The normalized spacial score (nSPS) is 10.5. The first-order valence-corrected chi connectivity index (χ1v) is 9.76. The third kappa shape index (κ3) is 5.95. The van der Waals surface area contributed by atoms with E-state index in [9.17, 15) is 9.59 Å². The minimum atomic E-state index is -0.119. The summed E-state index contributed by atoms with van der Waals surface area (Å²) in [6.07, 6.45) is 3.45. The number of hydrogen-bond acceptors (Lipinski definition) is 2. The average Bonchev–Trinajstić information content (AvgIpc) is 2.69. The summed E-state index contributed by atoms with van der Waals surface area (Å²) in [5, 5.41) is 2.95. The monoisotopic (exact) mass is 366 g/mol. The summed E-state index contributed by atoms with van der Waals surface area (Å²) in [7, 11) is 0. The van der Waals surface area contributed by atoms with Gasteiger partial charge in [0.2, 0.25) is 11.8 Å². The van der Waals surface area contributed by atoms with Gasteiger partial charge < -0.3 is 10.2 Å². The Morgan fingerprint density at radius 3 is 2.11 bits per heavy atom. The van der Waals surface area contributed by atoms with Crippen molar-refractivity contribution in [1.29, 1.82) is 0 Å². The third-order valence-corrected chi connectivity index (χ3v) is 4.72. The van der Waals surface area contributed by atoms with Gasteiger partial charge in [0.15, 0.2) is 0 Å². The van der Waals surface area contributed by atoms with Crippen LogP contribution in [0.5, 0.6) is 0 Å². The number of nitrogens with one attached hydrogen (secondary N) is 1. The van der Waals surface area contributed by atoms with Crippen molar-refractivity contribution < 1.29 is 9.59 Å². The molecule has 0 saturated heterocycles. The van der Waals surface area contributed by atoms with Crippen molar-refractivity contribution in [2.45, 2.75) is 46.5 Å². The number of para-hydroxylation sites is 1. The van der Waals surface area contributed by atoms with Crippen molar-refractivity contribution in [1.82, 2.24) is 5.32 Å². The van der Waals surface area contributed by atoms with E-state index in [1.54, 1.807) is 4.90 Å². The fourth-order valence-electron chi connectivity index (χ4n) is 3.27. The minimum absolute atomic E-state index is 0.0602. The molecule has 0 unspecified atom stereocenters. The largest absolute Gasteiger partial charge is 0.355 e. The fraction of sp³-hybridized carbons (Fsp3) is 0.391. The highest BCUT2D eigenvalue weighted by Gasteiger charge is 2.20. The summed E-state index contributed by atoms with van der Waals surface area (Å²) < 4.78 is 0. The zero-order chi connectivity index (χ0) is 19.6. The van der Waals surface area contributed by atoms with E-state index in [1.807, 2.05) is 36.4 Å². The molecular formula is C23H30N2O2. The van der Waals surface area contributed by atoms with Gasteiger partial charge in [-0.15, -0.1) is 0 Å². The van der Waals surface area contributed by atoms with Crippen LogP contribution in [0.3, 0.4) is 0 Å². The van der Waals surface area contributed by atoms with Crippen molar-refractivity contribution in [2.75, 3.05) is 18.0 Å². The first-order valence-electron chi connectivity index (χ1n) is 9.76. The zero-order valence-corrected chi connectivity index (χ0v) is 16.6. The smallest absolute Gasteiger partial charge is 0.240 e. The summed E-state index contributed by atoms with van der Waals surface area (Å²) in [4.78, 5) is 26.3. The Labute approximate surface area is 162 Å². The molecule has 0 heterocycles. The summed E-state index contributed by atoms with van der Waals surface area (Å²) in [5.41, 5.74) is 4.36. The Hall–Kier alpha value is -2.62. The Morgan fingerprint density at radius 2 is 1.56 bits per heavy atom. The number of carbonyl (C=O) groups excluding carboxylic acids is 2. The third-order valence-electron chi connectivity index (χ3n) is 4.72. The maximum Gasteiger partial charge on any atom is 0.240 e. The Balaban J connectivity index is 1.98. The molecule has 2 amide bonds. The first-order chi connectivity index (χ1) is 13.1. The number of hydrogen-bond donors (Lipinski definition) is 1. The fourth-order valence-corrected chi connectivity index (χ4v) is 3.27. The van der Waals surface area contributed by atoms with E-state index in [0.29, 0.717) is 6.54 Å². The Bertz CT molecular complexity index is 734. The van der Waals surface area contributed by atoms with E-state index in [0.717, 1.165) is 42.5 Å². The molecule has 0 aliphatic carbocycles. The van der Waals surface area contributed by atoms with Crippen LogP contribution in [0.25, 0.3) is 0 Å². The quantitative estimate of drug-likeness (QED) is 0.684. The second-order valence-corrected chi connectivity index (χ2v) is 6.68. The molecule has 0 saturated carbocycles. The van der Waals surface area contributed by atoms with Gasteiger partial charge >= 0.3 is 0 Å². The molecule has 2 aromatic carbocycles. The Kier molecular flexibility index (Phi) is 8.05. The lowest BCUT2D eigenvalue weighted by atomic mass is 10.0. The molecular weight excluding hydrogens is 336 g/mol. The zero-order valence-electron chi connectivity index (χ0n) is 16.6. The van der Waals surface area contributed by atoms with Crippen LogP contribution in [0, 0.1) is 0 Å². The highest BCUT2D eigenvalue weighted by Crippen LogP contribution is 2.27. The van der Waals surface area contributed by atoms with Crippen LogP contribution >= 0.6 is 0 Å². The topological polar surface area (TPSA) is 49.4 Å². The summed E-state index contributed by atoms with van der Waals surface area (Å²) in [6, 6.07) is 16.3. The molecule has 144 valence electrons. The Morgan fingerprint density at radius 1 is 0.926 bits per heavy atom. The number of benzene rings is 2. The van der Waals surface area contributed by atoms with Crippen molar-refractivity contribution in [3.05, 3.63) is 65.2 Å². The minimum Gasteiger partial charge on any atom is -0.355 e. The van der Waals surface area contributed by atoms with Crippen molar-refractivity contribution in [2.24, 2.45) is 0 Å². The molecule has 0 fully saturated rings. The average molecular weight is 367 g/mol. The molecule has 0 aliphatic rings. The molecule has 0 spiro atoms. The molecule has 0 aromatic heterocycles. The predicted molar refractivity (Wildman–Crippen MR) is 111 cm³/mol. The van der Waals surface area contributed by atoms with Crippen molar-refractivity contribution >= 4 is 17.5 Å². The summed E-state index contributed by atoms with van der Waals surface area (Å²) in [6.45, 7) is 6.33. The highest BCUT2D eigenvalue weighted by molar-refractivity contribution is 5.98. The maximum absolute atomic E-state index is 12.4. The summed E-state index contributed by atoms with van der Waals surface area (Å²) >= 11 is 0. The summed E-state index contributed by atoms with van der Waals surface area (Å²) in [5.74, 6) is -0.226. The molecule has 0 radical (unpaired) electrons. The lowest BCUT2D eigenvalue weighted by molar-refractivity contribution is -0.123. The van der Waals surface area contributed by atoms with Gasteiger partial charge in [-0.3, -0.25) is 9.59 Å². The molecule has 0 atom stereocenters. The molecule has 27 heavy (non-hydrogen) atoms. The molecule has 1 N–H and O–H groups in total. The molecule has 4 nitrogen and oxygen atoms in total. The van der Waals surface area contributed by atoms with E-state index in [1.165, 1.54) is 12.5 Å². The van der Waals surface area contributed by atoms with Crippen molar-refractivity contribution in [3.63, 3.8) is 0 Å². The second-order valence-electron chi connectivity index (χ2n) is 6.68. The van der Waals surface area contributed by atoms with Crippen LogP contribution < -0.4 is 10.2 Å². The van der Waals surface area contributed by atoms with Crippen LogP contribution in [-0.2, 0) is 28.9 Å². The maximum atomic E-state index is 12.4. The van der Waals surface area contributed by atoms with Crippen LogP contribution in [0.1, 0.15) is 43.9 Å². The van der Waals surface area contributed by atoms with Gasteiger partial charge in [-0.25, -0.2) is 0 Å². The van der Waals surface area contributed by atoms with E-state index in [4.69, 9.17) is 0 Å². The highest BCUT2D eigenvalue weighted by atomic mass is 16.2. The van der Waals surface area contributed by atoms with E-state index >= 15 is 0 Å². The predicted octanol–water partition coefficient (Wildman–Crippen LogP) is 3.91. The van der Waals surface area contributed by atoms with Gasteiger partial charge in [0.1, 0.15) is 6.54 Å². The van der Waals surface area contributed by atoms with Gasteiger partial charge in [0, 0.05) is 13.5 Å². The standard InChI is InChI=1S/C23H30N2O2/c1-4-20-14-9-15-21(5-2)23(20)25(18(3)26)17-22(27)24-16-10-13-19-11-7-6-8-12-19/h6-9,11-12,14-15H,4-5,10,13,16-17H2,1-3H3,(H,24,27). The molecule has 0 bridgehead atoms. The SMILES string of the molecule is CCc1cccc(CC)c1N(CC(=O)NCCCc1ccccc1)C(C)=O. The van der Waals surface area contributed by atoms with Gasteiger partial charge in [0.25, 0.3) is 0 Å². The van der Waals surface area contributed by atoms with E-state index in [-0.39, 0.29) is 18.4 Å². The second kappa shape index (κ2) is 10.5. The number of amides is 2. The molecule has 2 rings (SSSR count). The molecule has 4 heteroatoms. The van der Waals surface area contributed by atoms with E-state index in [2.05, 4.69) is 31.3 Å². The number of carbonyl (C=O) groups is 2. The lowest BCUT2D eigenvalue weighted by Crippen LogP contribution is -2.41. The van der Waals surface area contributed by atoms with Gasteiger partial charge in [-0.1, -0.05) is 62.4 Å². The molecule has 2 aromatic rings. The number of aryl methyl sites for hydroxylation is 3. The van der Waals surface area contributed by atoms with Crippen LogP contribution in [-0.4, -0.2) is 24.9 Å². The van der Waals surface area contributed by atoms with Crippen LogP contribution in [0.15, 0.2) is 48.5 Å².